The molecule has 1 aliphatic rings. The third-order valence-electron chi connectivity index (χ3n) is 6.12. The molecule has 1 heterocycles. The minimum Gasteiger partial charge on any atom is -0.369 e. The fourth-order valence-corrected chi connectivity index (χ4v) is 5.36. The average molecular weight is 431 g/mol. The highest BCUT2D eigenvalue weighted by atomic mass is 32.1. The van der Waals surface area contributed by atoms with Crippen molar-refractivity contribution in [2.75, 3.05) is 13.7 Å². The van der Waals surface area contributed by atoms with Crippen LogP contribution >= 0.6 is 11.3 Å². The summed E-state index contributed by atoms with van der Waals surface area (Å²) >= 11 is 1.60. The highest BCUT2D eigenvalue weighted by molar-refractivity contribution is 7.21. The molecule has 1 aromatic heterocycles. The first-order chi connectivity index (χ1) is 14.2. The van der Waals surface area contributed by atoms with Crippen LogP contribution in [0.2, 0.25) is 0 Å². The van der Waals surface area contributed by atoms with Gasteiger partial charge >= 0.3 is 0 Å². The van der Waals surface area contributed by atoms with Gasteiger partial charge in [-0.3, -0.25) is 9.59 Å². The second-order valence-electron chi connectivity index (χ2n) is 9.11. The molecular weight excluding hydrogens is 396 g/mol. The SMILES string of the molecule is COC(C)(C)C(=O)NCC1CCC(c2c(C(=O)NC(C)C)sc3ccccc23)CC1. The molecule has 0 radical (unpaired) electrons. The number of fused-ring (bicyclic) bond motifs is 1. The van der Waals surface area contributed by atoms with E-state index in [2.05, 4.69) is 28.8 Å². The van der Waals surface area contributed by atoms with Gasteiger partial charge in [0.25, 0.3) is 11.8 Å². The van der Waals surface area contributed by atoms with Gasteiger partial charge in [0.05, 0.1) is 4.88 Å². The van der Waals surface area contributed by atoms with E-state index >= 15 is 0 Å². The van der Waals surface area contributed by atoms with Crippen molar-refractivity contribution in [3.63, 3.8) is 0 Å². The lowest BCUT2D eigenvalue weighted by molar-refractivity contribution is -0.139. The molecule has 2 aromatic rings. The summed E-state index contributed by atoms with van der Waals surface area (Å²) in [6.07, 6.45) is 4.18. The van der Waals surface area contributed by atoms with E-state index in [1.165, 1.54) is 15.6 Å². The summed E-state index contributed by atoms with van der Waals surface area (Å²) in [6.45, 7) is 8.24. The van der Waals surface area contributed by atoms with E-state index in [1.807, 2.05) is 19.9 Å². The quantitative estimate of drug-likeness (QED) is 0.659. The number of nitrogens with one attached hydrogen (secondary N) is 2. The average Bonchev–Trinajstić information content (AvgIpc) is 3.11. The number of ether oxygens (including phenoxy) is 1. The molecule has 0 atom stereocenters. The normalized spacial score (nSPS) is 19.8. The predicted octanol–water partition coefficient (Wildman–Crippen LogP) is 4.85. The molecule has 0 saturated heterocycles. The van der Waals surface area contributed by atoms with E-state index in [4.69, 9.17) is 4.74 Å². The number of carbonyl (C=O) groups excluding carboxylic acids is 2. The maximum Gasteiger partial charge on any atom is 0.261 e. The van der Waals surface area contributed by atoms with Gasteiger partial charge in [-0.1, -0.05) is 18.2 Å². The van der Waals surface area contributed by atoms with Crippen molar-refractivity contribution < 1.29 is 14.3 Å². The van der Waals surface area contributed by atoms with E-state index < -0.39 is 5.60 Å². The lowest BCUT2D eigenvalue weighted by Gasteiger charge is -2.30. The van der Waals surface area contributed by atoms with E-state index in [-0.39, 0.29) is 17.9 Å². The number of rotatable bonds is 7. The highest BCUT2D eigenvalue weighted by Gasteiger charge is 2.31. The Labute approximate surface area is 183 Å². The van der Waals surface area contributed by atoms with Crippen LogP contribution in [0.3, 0.4) is 0 Å². The van der Waals surface area contributed by atoms with Crippen LogP contribution in [0.4, 0.5) is 0 Å². The topological polar surface area (TPSA) is 67.4 Å². The first-order valence-corrected chi connectivity index (χ1v) is 11.7. The molecule has 1 aromatic carbocycles. The zero-order valence-electron chi connectivity index (χ0n) is 18.7. The van der Waals surface area contributed by atoms with Crippen LogP contribution in [-0.2, 0) is 9.53 Å². The van der Waals surface area contributed by atoms with Crippen molar-refractivity contribution in [2.24, 2.45) is 5.92 Å². The molecule has 6 heteroatoms. The van der Waals surface area contributed by atoms with Gasteiger partial charge in [-0.05, 0) is 82.2 Å². The molecule has 1 fully saturated rings. The largest absolute Gasteiger partial charge is 0.369 e. The summed E-state index contributed by atoms with van der Waals surface area (Å²) < 4.78 is 6.44. The number of thiophene rings is 1. The van der Waals surface area contributed by atoms with Crippen LogP contribution in [-0.4, -0.2) is 37.1 Å². The highest BCUT2D eigenvalue weighted by Crippen LogP contribution is 2.43. The minimum absolute atomic E-state index is 0.0392. The fourth-order valence-electron chi connectivity index (χ4n) is 4.16. The predicted molar refractivity (Wildman–Crippen MR) is 123 cm³/mol. The van der Waals surface area contributed by atoms with Crippen molar-refractivity contribution in [3.8, 4) is 0 Å². The van der Waals surface area contributed by atoms with Crippen LogP contribution in [0.25, 0.3) is 10.1 Å². The first kappa shape index (κ1) is 22.8. The number of benzene rings is 1. The maximum atomic E-state index is 12.9. The molecule has 1 saturated carbocycles. The lowest BCUT2D eigenvalue weighted by Crippen LogP contribution is -2.45. The molecule has 5 nitrogen and oxygen atoms in total. The van der Waals surface area contributed by atoms with Crippen LogP contribution in [0.15, 0.2) is 24.3 Å². The maximum absolute atomic E-state index is 12.9. The summed E-state index contributed by atoms with van der Waals surface area (Å²) in [5.74, 6) is 0.827. The monoisotopic (exact) mass is 430 g/mol. The molecule has 3 rings (SSSR count). The van der Waals surface area contributed by atoms with Gasteiger partial charge in [0.15, 0.2) is 0 Å². The Bertz CT molecular complexity index is 895. The van der Waals surface area contributed by atoms with Gasteiger partial charge in [0.2, 0.25) is 0 Å². The molecule has 2 amide bonds. The molecule has 0 unspecified atom stereocenters. The number of carbonyl (C=O) groups is 2. The van der Waals surface area contributed by atoms with Gasteiger partial charge < -0.3 is 15.4 Å². The van der Waals surface area contributed by atoms with Crippen LogP contribution < -0.4 is 10.6 Å². The van der Waals surface area contributed by atoms with Crippen LogP contribution in [0.5, 0.6) is 0 Å². The summed E-state index contributed by atoms with van der Waals surface area (Å²) in [7, 11) is 1.56. The van der Waals surface area contributed by atoms with Crippen molar-refractivity contribution in [1.82, 2.24) is 10.6 Å². The first-order valence-electron chi connectivity index (χ1n) is 10.9. The van der Waals surface area contributed by atoms with Gasteiger partial charge in [-0.2, -0.15) is 0 Å². The third kappa shape index (κ3) is 5.03. The summed E-state index contributed by atoms with van der Waals surface area (Å²) in [5, 5.41) is 7.34. The summed E-state index contributed by atoms with van der Waals surface area (Å²) in [6, 6.07) is 8.46. The molecule has 0 spiro atoms. The zero-order valence-corrected chi connectivity index (χ0v) is 19.5. The van der Waals surface area contributed by atoms with Gasteiger partial charge in [0, 0.05) is 24.4 Å². The van der Waals surface area contributed by atoms with Crippen molar-refractivity contribution >= 4 is 33.2 Å². The van der Waals surface area contributed by atoms with E-state index in [1.54, 1.807) is 32.3 Å². The Morgan fingerprint density at radius 1 is 1.17 bits per heavy atom. The molecule has 30 heavy (non-hydrogen) atoms. The number of hydrogen-bond donors (Lipinski definition) is 2. The number of methoxy groups -OCH3 is 1. The van der Waals surface area contributed by atoms with Crippen LogP contribution in [0.1, 0.15) is 74.5 Å². The smallest absolute Gasteiger partial charge is 0.261 e. The van der Waals surface area contributed by atoms with Crippen LogP contribution in [0, 0.1) is 5.92 Å². The minimum atomic E-state index is -0.800. The molecular formula is C24H34N2O3S. The Morgan fingerprint density at radius 3 is 2.47 bits per heavy atom. The Balaban J connectivity index is 1.71. The fraction of sp³-hybridized carbons (Fsp3) is 0.583. The second-order valence-corrected chi connectivity index (χ2v) is 10.2. The Kier molecular flexibility index (Phi) is 7.19. The van der Waals surface area contributed by atoms with Crippen molar-refractivity contribution in [1.29, 1.82) is 0 Å². The molecule has 0 aliphatic heterocycles. The second kappa shape index (κ2) is 9.48. The van der Waals surface area contributed by atoms with Gasteiger partial charge in [-0.15, -0.1) is 11.3 Å². The van der Waals surface area contributed by atoms with E-state index in [0.717, 1.165) is 30.6 Å². The zero-order chi connectivity index (χ0) is 21.9. The Morgan fingerprint density at radius 2 is 1.83 bits per heavy atom. The molecule has 0 bridgehead atoms. The van der Waals surface area contributed by atoms with Gasteiger partial charge in [-0.25, -0.2) is 0 Å². The third-order valence-corrected chi connectivity index (χ3v) is 7.31. The molecule has 2 N–H and O–H groups in total. The van der Waals surface area contributed by atoms with Gasteiger partial charge in [0.1, 0.15) is 5.60 Å². The summed E-state index contributed by atoms with van der Waals surface area (Å²) in [5.41, 5.74) is 0.419. The number of hydrogen-bond acceptors (Lipinski definition) is 4. The molecule has 164 valence electrons. The molecule has 1 aliphatic carbocycles. The van der Waals surface area contributed by atoms with E-state index in [0.29, 0.717) is 18.4 Å². The Hall–Kier alpha value is -1.92. The van der Waals surface area contributed by atoms with Crippen molar-refractivity contribution in [3.05, 3.63) is 34.7 Å². The summed E-state index contributed by atoms with van der Waals surface area (Å²) in [4.78, 5) is 26.0. The lowest BCUT2D eigenvalue weighted by atomic mass is 9.77. The van der Waals surface area contributed by atoms with E-state index in [9.17, 15) is 9.59 Å². The standard InChI is InChI=1S/C24H34N2O3S/c1-15(2)26-22(27)21-20(18-8-6-7-9-19(18)30-21)17-12-10-16(11-13-17)14-25-23(28)24(3,4)29-5/h6-9,15-17H,10-14H2,1-5H3,(H,25,28)(H,26,27). The number of amides is 2. The van der Waals surface area contributed by atoms with Crippen molar-refractivity contribution in [2.45, 2.75) is 70.9 Å².